The standard InChI is InChI=1S/C12H19N3O/c1-3-13-7(2)11-14-15-12(16-11)10-8-5-4-6-9(8)10/h7-10,13H,3-6H2,1-2H3. The Kier molecular flexibility index (Phi) is 2.46. The SMILES string of the molecule is CCNC(C)c1nnc(C2C3CCCC32)o1. The van der Waals surface area contributed by atoms with Crippen LogP contribution in [0.4, 0.5) is 0 Å². The molecule has 0 saturated heterocycles. The van der Waals surface area contributed by atoms with Gasteiger partial charge in [0, 0.05) is 5.92 Å². The molecule has 2 aliphatic rings. The van der Waals surface area contributed by atoms with Gasteiger partial charge < -0.3 is 9.73 Å². The van der Waals surface area contributed by atoms with Crippen LogP contribution in [0, 0.1) is 11.8 Å². The van der Waals surface area contributed by atoms with Crippen LogP contribution in [-0.2, 0) is 0 Å². The number of hydrogen-bond acceptors (Lipinski definition) is 4. The van der Waals surface area contributed by atoms with Crippen molar-refractivity contribution in [3.05, 3.63) is 11.8 Å². The molecule has 0 spiro atoms. The van der Waals surface area contributed by atoms with Crippen molar-refractivity contribution < 1.29 is 4.42 Å². The summed E-state index contributed by atoms with van der Waals surface area (Å²) in [6, 6.07) is 0.171. The van der Waals surface area contributed by atoms with Crippen LogP contribution in [0.25, 0.3) is 0 Å². The van der Waals surface area contributed by atoms with E-state index in [1.54, 1.807) is 0 Å². The second-order valence-electron chi connectivity index (χ2n) is 5.04. The fraction of sp³-hybridized carbons (Fsp3) is 0.833. The van der Waals surface area contributed by atoms with Crippen LogP contribution in [0.2, 0.25) is 0 Å². The zero-order chi connectivity index (χ0) is 11.1. The summed E-state index contributed by atoms with van der Waals surface area (Å²) >= 11 is 0. The van der Waals surface area contributed by atoms with Gasteiger partial charge in [-0.15, -0.1) is 10.2 Å². The molecular weight excluding hydrogens is 202 g/mol. The van der Waals surface area contributed by atoms with E-state index in [0.717, 1.165) is 30.2 Å². The summed E-state index contributed by atoms with van der Waals surface area (Å²) in [5.74, 6) is 3.91. The molecular formula is C12H19N3O. The largest absolute Gasteiger partial charge is 0.423 e. The minimum absolute atomic E-state index is 0.171. The van der Waals surface area contributed by atoms with Gasteiger partial charge in [0.05, 0.1) is 6.04 Å². The summed E-state index contributed by atoms with van der Waals surface area (Å²) in [6.45, 7) is 5.07. The number of fused-ring (bicyclic) bond motifs is 1. The van der Waals surface area contributed by atoms with E-state index < -0.39 is 0 Å². The van der Waals surface area contributed by atoms with Crippen LogP contribution in [0.1, 0.15) is 56.9 Å². The molecule has 0 aromatic carbocycles. The Labute approximate surface area is 95.8 Å². The fourth-order valence-corrected chi connectivity index (χ4v) is 3.14. The normalized spacial score (nSPS) is 33.8. The van der Waals surface area contributed by atoms with Gasteiger partial charge in [-0.2, -0.15) is 0 Å². The van der Waals surface area contributed by atoms with Crippen molar-refractivity contribution in [2.24, 2.45) is 11.8 Å². The van der Waals surface area contributed by atoms with Gasteiger partial charge in [-0.25, -0.2) is 0 Å². The monoisotopic (exact) mass is 221 g/mol. The van der Waals surface area contributed by atoms with E-state index in [2.05, 4.69) is 29.4 Å². The molecule has 88 valence electrons. The van der Waals surface area contributed by atoms with E-state index in [4.69, 9.17) is 4.42 Å². The second kappa shape index (κ2) is 3.84. The smallest absolute Gasteiger partial charge is 0.233 e. The number of rotatable bonds is 4. The Balaban J connectivity index is 1.69. The second-order valence-corrected chi connectivity index (χ2v) is 5.04. The first-order valence-corrected chi connectivity index (χ1v) is 6.38. The summed E-state index contributed by atoms with van der Waals surface area (Å²) < 4.78 is 5.77. The predicted molar refractivity (Wildman–Crippen MR) is 60.0 cm³/mol. The molecule has 2 aliphatic carbocycles. The van der Waals surface area contributed by atoms with Crippen molar-refractivity contribution in [1.29, 1.82) is 0 Å². The van der Waals surface area contributed by atoms with E-state index in [1.165, 1.54) is 19.3 Å². The van der Waals surface area contributed by atoms with Gasteiger partial charge in [0.2, 0.25) is 11.8 Å². The lowest BCUT2D eigenvalue weighted by atomic mass is 10.1. The summed E-state index contributed by atoms with van der Waals surface area (Å²) in [6.07, 6.45) is 4.10. The Morgan fingerprint density at radius 3 is 2.81 bits per heavy atom. The maximum Gasteiger partial charge on any atom is 0.233 e. The minimum Gasteiger partial charge on any atom is -0.423 e. The molecule has 1 aromatic rings. The van der Waals surface area contributed by atoms with Gasteiger partial charge in [0.15, 0.2) is 0 Å². The van der Waals surface area contributed by atoms with Crippen LogP contribution in [0.5, 0.6) is 0 Å². The summed E-state index contributed by atoms with van der Waals surface area (Å²) in [5.41, 5.74) is 0. The molecule has 2 saturated carbocycles. The van der Waals surface area contributed by atoms with Gasteiger partial charge in [0.1, 0.15) is 0 Å². The molecule has 0 bridgehead atoms. The number of nitrogens with zero attached hydrogens (tertiary/aromatic N) is 2. The van der Waals surface area contributed by atoms with Gasteiger partial charge >= 0.3 is 0 Å². The van der Waals surface area contributed by atoms with Crippen molar-refractivity contribution in [1.82, 2.24) is 15.5 Å². The van der Waals surface area contributed by atoms with E-state index in [1.807, 2.05) is 0 Å². The van der Waals surface area contributed by atoms with Crippen molar-refractivity contribution in [3.63, 3.8) is 0 Å². The highest BCUT2D eigenvalue weighted by atomic mass is 16.4. The molecule has 3 rings (SSSR count). The van der Waals surface area contributed by atoms with Gasteiger partial charge in [-0.1, -0.05) is 13.3 Å². The number of hydrogen-bond donors (Lipinski definition) is 1. The average molecular weight is 221 g/mol. The maximum atomic E-state index is 5.77. The Bertz CT molecular complexity index is 366. The molecule has 3 atom stereocenters. The summed E-state index contributed by atoms with van der Waals surface area (Å²) in [5, 5.41) is 11.6. The highest BCUT2D eigenvalue weighted by molar-refractivity contribution is 5.15. The molecule has 16 heavy (non-hydrogen) atoms. The Hall–Kier alpha value is -0.900. The molecule has 0 radical (unpaired) electrons. The quantitative estimate of drug-likeness (QED) is 0.847. The lowest BCUT2D eigenvalue weighted by Crippen LogP contribution is -2.17. The van der Waals surface area contributed by atoms with Crippen LogP contribution in [0.15, 0.2) is 4.42 Å². The third kappa shape index (κ3) is 1.56. The van der Waals surface area contributed by atoms with Crippen molar-refractivity contribution in [2.45, 2.75) is 45.1 Å². The summed E-state index contributed by atoms with van der Waals surface area (Å²) in [4.78, 5) is 0. The third-order valence-corrected chi connectivity index (χ3v) is 4.03. The molecule has 1 aromatic heterocycles. The van der Waals surface area contributed by atoms with Crippen LogP contribution < -0.4 is 5.32 Å². The van der Waals surface area contributed by atoms with Crippen LogP contribution >= 0.6 is 0 Å². The number of nitrogens with one attached hydrogen (secondary N) is 1. The first-order chi connectivity index (χ1) is 7.81. The van der Waals surface area contributed by atoms with Crippen molar-refractivity contribution in [3.8, 4) is 0 Å². The lowest BCUT2D eigenvalue weighted by Gasteiger charge is -2.05. The van der Waals surface area contributed by atoms with Gasteiger partial charge in [-0.05, 0) is 38.1 Å². The molecule has 2 fully saturated rings. The van der Waals surface area contributed by atoms with Crippen LogP contribution in [-0.4, -0.2) is 16.7 Å². The minimum atomic E-state index is 0.171. The molecule has 4 nitrogen and oxygen atoms in total. The molecule has 1 heterocycles. The van der Waals surface area contributed by atoms with Crippen LogP contribution in [0.3, 0.4) is 0 Å². The van der Waals surface area contributed by atoms with Gasteiger partial charge in [-0.3, -0.25) is 0 Å². The molecule has 4 heteroatoms. The van der Waals surface area contributed by atoms with E-state index in [-0.39, 0.29) is 6.04 Å². The van der Waals surface area contributed by atoms with E-state index >= 15 is 0 Å². The predicted octanol–water partition coefficient (Wildman–Crippen LogP) is 2.25. The van der Waals surface area contributed by atoms with Gasteiger partial charge in [0.25, 0.3) is 0 Å². The van der Waals surface area contributed by atoms with Crippen molar-refractivity contribution >= 4 is 0 Å². The highest BCUT2D eigenvalue weighted by Gasteiger charge is 2.56. The Morgan fingerprint density at radius 1 is 1.38 bits per heavy atom. The molecule has 1 N–H and O–H groups in total. The fourth-order valence-electron chi connectivity index (χ4n) is 3.14. The van der Waals surface area contributed by atoms with Crippen molar-refractivity contribution in [2.75, 3.05) is 6.54 Å². The highest BCUT2D eigenvalue weighted by Crippen LogP contribution is 2.62. The number of aromatic nitrogens is 2. The zero-order valence-corrected chi connectivity index (χ0v) is 9.94. The third-order valence-electron chi connectivity index (χ3n) is 4.03. The lowest BCUT2D eigenvalue weighted by molar-refractivity contribution is 0.388. The topological polar surface area (TPSA) is 51.0 Å². The molecule has 0 amide bonds. The Morgan fingerprint density at radius 2 is 2.12 bits per heavy atom. The maximum absolute atomic E-state index is 5.77. The molecule has 0 aliphatic heterocycles. The molecule has 3 unspecified atom stereocenters. The average Bonchev–Trinajstić information content (AvgIpc) is 2.76. The summed E-state index contributed by atoms with van der Waals surface area (Å²) in [7, 11) is 0. The van der Waals surface area contributed by atoms with E-state index in [9.17, 15) is 0 Å². The first kappa shape index (κ1) is 10.3. The zero-order valence-electron chi connectivity index (χ0n) is 9.94. The first-order valence-electron chi connectivity index (χ1n) is 6.38. The van der Waals surface area contributed by atoms with E-state index in [0.29, 0.717) is 5.92 Å².